The number of ether oxygens (including phenoxy) is 2. The van der Waals surface area contributed by atoms with Crippen LogP contribution in [-0.4, -0.2) is 43.1 Å². The van der Waals surface area contributed by atoms with Crippen molar-refractivity contribution in [1.29, 1.82) is 0 Å². The number of rotatable bonds is 7. The van der Waals surface area contributed by atoms with Gasteiger partial charge in [0.2, 0.25) is 11.8 Å². The Labute approximate surface area is 118 Å². The minimum atomic E-state index is -0.906. The predicted molar refractivity (Wildman–Crippen MR) is 70.5 cm³/mol. The van der Waals surface area contributed by atoms with E-state index >= 15 is 0 Å². The number of amides is 2. The van der Waals surface area contributed by atoms with Gasteiger partial charge in [-0.3, -0.25) is 14.4 Å². The standard InChI is InChI=1S/C13H22N2O5/c1-3-19-10(16)7-8(2)11(12(14)17)15-13(18)9-5-4-6-20-9/h8-9,11H,3-7H2,1-2H3,(H2,14,17)(H,15,18)/t8-,9-,11-/m1/s1. The zero-order valence-corrected chi connectivity index (χ0v) is 11.9. The van der Waals surface area contributed by atoms with Gasteiger partial charge in [0.1, 0.15) is 12.1 Å². The van der Waals surface area contributed by atoms with Crippen molar-refractivity contribution in [3.8, 4) is 0 Å². The molecule has 1 aliphatic rings. The van der Waals surface area contributed by atoms with E-state index in [0.717, 1.165) is 6.42 Å². The van der Waals surface area contributed by atoms with E-state index in [2.05, 4.69) is 5.32 Å². The lowest BCUT2D eigenvalue weighted by Gasteiger charge is -2.23. The molecule has 0 radical (unpaired) electrons. The van der Waals surface area contributed by atoms with Gasteiger partial charge in [0.25, 0.3) is 0 Å². The van der Waals surface area contributed by atoms with Crippen molar-refractivity contribution >= 4 is 17.8 Å². The number of nitrogens with one attached hydrogen (secondary N) is 1. The summed E-state index contributed by atoms with van der Waals surface area (Å²) in [5.74, 6) is -1.88. The Balaban J connectivity index is 2.56. The lowest BCUT2D eigenvalue weighted by atomic mass is 9.97. The van der Waals surface area contributed by atoms with E-state index in [1.807, 2.05) is 0 Å². The minimum Gasteiger partial charge on any atom is -0.466 e. The van der Waals surface area contributed by atoms with E-state index in [9.17, 15) is 14.4 Å². The van der Waals surface area contributed by atoms with Gasteiger partial charge in [0.15, 0.2) is 0 Å². The zero-order valence-electron chi connectivity index (χ0n) is 11.9. The molecule has 0 spiro atoms. The number of carbonyl (C=O) groups is 3. The molecule has 20 heavy (non-hydrogen) atoms. The van der Waals surface area contributed by atoms with Crippen LogP contribution in [-0.2, 0) is 23.9 Å². The van der Waals surface area contributed by atoms with E-state index in [1.54, 1.807) is 13.8 Å². The number of hydrogen-bond donors (Lipinski definition) is 2. The highest BCUT2D eigenvalue weighted by molar-refractivity contribution is 5.89. The monoisotopic (exact) mass is 286 g/mol. The predicted octanol–water partition coefficient (Wildman–Crippen LogP) is -0.275. The Kier molecular flexibility index (Phi) is 6.44. The van der Waals surface area contributed by atoms with Crippen LogP contribution in [0.4, 0.5) is 0 Å². The molecule has 114 valence electrons. The fraction of sp³-hybridized carbons (Fsp3) is 0.769. The third-order valence-corrected chi connectivity index (χ3v) is 3.19. The smallest absolute Gasteiger partial charge is 0.306 e. The van der Waals surface area contributed by atoms with Gasteiger partial charge in [-0.1, -0.05) is 6.92 Å². The van der Waals surface area contributed by atoms with Crippen LogP contribution in [0.25, 0.3) is 0 Å². The first-order valence-electron chi connectivity index (χ1n) is 6.82. The number of hydrogen-bond acceptors (Lipinski definition) is 5. The summed E-state index contributed by atoms with van der Waals surface area (Å²) in [5.41, 5.74) is 5.29. The van der Waals surface area contributed by atoms with E-state index < -0.39 is 29.9 Å². The molecule has 1 saturated heterocycles. The van der Waals surface area contributed by atoms with Crippen LogP contribution in [0.3, 0.4) is 0 Å². The fourth-order valence-electron chi connectivity index (χ4n) is 2.13. The average molecular weight is 286 g/mol. The molecule has 0 aromatic carbocycles. The summed E-state index contributed by atoms with van der Waals surface area (Å²) in [4.78, 5) is 34.8. The van der Waals surface area contributed by atoms with Gasteiger partial charge in [-0.15, -0.1) is 0 Å². The molecule has 7 nitrogen and oxygen atoms in total. The lowest BCUT2D eigenvalue weighted by Crippen LogP contribution is -2.51. The average Bonchev–Trinajstić information content (AvgIpc) is 2.89. The van der Waals surface area contributed by atoms with Crippen molar-refractivity contribution < 1.29 is 23.9 Å². The number of esters is 1. The Hall–Kier alpha value is -1.63. The number of nitrogens with two attached hydrogens (primary N) is 1. The molecule has 0 aromatic heterocycles. The zero-order chi connectivity index (χ0) is 15.1. The van der Waals surface area contributed by atoms with Crippen LogP contribution in [0.1, 0.15) is 33.1 Å². The highest BCUT2D eigenvalue weighted by Crippen LogP contribution is 2.14. The van der Waals surface area contributed by atoms with Crippen molar-refractivity contribution in [2.75, 3.05) is 13.2 Å². The first-order chi connectivity index (χ1) is 9.45. The lowest BCUT2D eigenvalue weighted by molar-refractivity contribution is -0.145. The van der Waals surface area contributed by atoms with Gasteiger partial charge in [0, 0.05) is 6.61 Å². The summed E-state index contributed by atoms with van der Waals surface area (Å²) < 4.78 is 10.1. The van der Waals surface area contributed by atoms with Crippen molar-refractivity contribution in [3.05, 3.63) is 0 Å². The van der Waals surface area contributed by atoms with Gasteiger partial charge < -0.3 is 20.5 Å². The Morgan fingerprint density at radius 3 is 2.65 bits per heavy atom. The molecule has 3 N–H and O–H groups in total. The normalized spacial score (nSPS) is 21.0. The molecule has 0 unspecified atom stereocenters. The summed E-state index contributed by atoms with van der Waals surface area (Å²) >= 11 is 0. The molecule has 0 bridgehead atoms. The van der Waals surface area contributed by atoms with Crippen LogP contribution < -0.4 is 11.1 Å². The van der Waals surface area contributed by atoms with Gasteiger partial charge in [0.05, 0.1) is 13.0 Å². The Bertz CT molecular complexity index is 366. The van der Waals surface area contributed by atoms with Crippen LogP contribution >= 0.6 is 0 Å². The number of primary amides is 1. The van der Waals surface area contributed by atoms with Gasteiger partial charge in [-0.05, 0) is 25.7 Å². The third-order valence-electron chi connectivity index (χ3n) is 3.19. The quantitative estimate of drug-likeness (QED) is 0.626. The molecule has 0 aliphatic carbocycles. The maximum atomic E-state index is 11.9. The molecule has 1 aliphatic heterocycles. The van der Waals surface area contributed by atoms with Crippen LogP contribution in [0.15, 0.2) is 0 Å². The summed E-state index contributed by atoms with van der Waals surface area (Å²) in [6.07, 6.45) is 0.931. The molecular formula is C13H22N2O5. The van der Waals surface area contributed by atoms with Crippen molar-refractivity contribution in [2.45, 2.75) is 45.3 Å². The van der Waals surface area contributed by atoms with E-state index in [-0.39, 0.29) is 18.9 Å². The molecule has 3 atom stereocenters. The van der Waals surface area contributed by atoms with Crippen LogP contribution in [0.2, 0.25) is 0 Å². The molecular weight excluding hydrogens is 264 g/mol. The van der Waals surface area contributed by atoms with Crippen LogP contribution in [0.5, 0.6) is 0 Å². The molecule has 7 heteroatoms. The minimum absolute atomic E-state index is 0.0211. The van der Waals surface area contributed by atoms with Crippen LogP contribution in [0, 0.1) is 5.92 Å². The summed E-state index contributed by atoms with van der Waals surface area (Å²) in [7, 11) is 0. The van der Waals surface area contributed by atoms with Crippen molar-refractivity contribution in [3.63, 3.8) is 0 Å². The first-order valence-corrected chi connectivity index (χ1v) is 6.82. The molecule has 1 rings (SSSR count). The summed E-state index contributed by atoms with van der Waals surface area (Å²) in [6.45, 7) is 4.18. The Morgan fingerprint density at radius 2 is 2.15 bits per heavy atom. The number of carbonyl (C=O) groups excluding carboxylic acids is 3. The Morgan fingerprint density at radius 1 is 1.45 bits per heavy atom. The SMILES string of the molecule is CCOC(=O)C[C@@H](C)[C@@H](NC(=O)[C@H]1CCCO1)C(N)=O. The summed E-state index contributed by atoms with van der Waals surface area (Å²) in [6, 6.07) is -0.906. The molecule has 1 heterocycles. The molecule has 2 amide bonds. The molecule has 0 saturated carbocycles. The van der Waals surface area contributed by atoms with E-state index in [4.69, 9.17) is 15.2 Å². The molecule has 1 fully saturated rings. The largest absolute Gasteiger partial charge is 0.466 e. The molecule has 0 aromatic rings. The first kappa shape index (κ1) is 16.4. The highest BCUT2D eigenvalue weighted by atomic mass is 16.5. The third kappa shape index (κ3) is 4.80. The van der Waals surface area contributed by atoms with Crippen molar-refractivity contribution in [1.82, 2.24) is 5.32 Å². The van der Waals surface area contributed by atoms with E-state index in [1.165, 1.54) is 0 Å². The fourth-order valence-corrected chi connectivity index (χ4v) is 2.13. The topological polar surface area (TPSA) is 108 Å². The second-order valence-electron chi connectivity index (χ2n) is 4.88. The van der Waals surface area contributed by atoms with Gasteiger partial charge in [-0.2, -0.15) is 0 Å². The van der Waals surface area contributed by atoms with Gasteiger partial charge >= 0.3 is 5.97 Å². The second kappa shape index (κ2) is 7.84. The summed E-state index contributed by atoms with van der Waals surface area (Å²) in [5, 5.41) is 2.56. The second-order valence-corrected chi connectivity index (χ2v) is 4.88. The maximum Gasteiger partial charge on any atom is 0.306 e. The van der Waals surface area contributed by atoms with Crippen molar-refractivity contribution in [2.24, 2.45) is 11.7 Å². The highest BCUT2D eigenvalue weighted by Gasteiger charge is 2.31. The maximum absolute atomic E-state index is 11.9. The van der Waals surface area contributed by atoms with Gasteiger partial charge in [-0.25, -0.2) is 0 Å². The van der Waals surface area contributed by atoms with E-state index in [0.29, 0.717) is 13.0 Å².